The Labute approximate surface area is 119 Å². The lowest BCUT2D eigenvalue weighted by molar-refractivity contribution is -0.118. The third-order valence-electron chi connectivity index (χ3n) is 3.05. The van der Waals surface area contributed by atoms with Crippen molar-refractivity contribution in [3.8, 4) is 0 Å². The van der Waals surface area contributed by atoms with Gasteiger partial charge in [0.1, 0.15) is 0 Å². The van der Waals surface area contributed by atoms with E-state index in [9.17, 15) is 9.59 Å². The van der Waals surface area contributed by atoms with Crippen LogP contribution in [-0.4, -0.2) is 11.8 Å². The summed E-state index contributed by atoms with van der Waals surface area (Å²) in [5.41, 5.74) is 1.41. The molecule has 20 heavy (non-hydrogen) atoms. The van der Waals surface area contributed by atoms with Crippen LogP contribution in [-0.2, 0) is 9.59 Å². The summed E-state index contributed by atoms with van der Waals surface area (Å²) in [5.74, 6) is 0.237. The van der Waals surface area contributed by atoms with E-state index in [1.54, 1.807) is 6.07 Å². The molecule has 1 aromatic rings. The molecule has 0 aliphatic heterocycles. The first kappa shape index (κ1) is 14.6. The lowest BCUT2D eigenvalue weighted by Crippen LogP contribution is -2.19. The van der Waals surface area contributed by atoms with E-state index in [0.29, 0.717) is 12.1 Å². The van der Waals surface area contributed by atoms with Crippen molar-refractivity contribution in [1.29, 1.82) is 0 Å². The Bertz CT molecular complexity index is 513. The van der Waals surface area contributed by atoms with Crippen molar-refractivity contribution < 1.29 is 9.59 Å². The molecule has 0 saturated heterocycles. The van der Waals surface area contributed by atoms with Crippen LogP contribution in [0.4, 0.5) is 11.4 Å². The maximum Gasteiger partial charge on any atom is 0.227 e. The van der Waals surface area contributed by atoms with Gasteiger partial charge in [-0.1, -0.05) is 26.8 Å². The van der Waals surface area contributed by atoms with Crippen molar-refractivity contribution in [3.05, 3.63) is 24.3 Å². The van der Waals surface area contributed by atoms with Crippen LogP contribution in [0.3, 0.4) is 0 Å². The standard InChI is InChI=1S/C16H22N2O2/c1-16(2,3)10-14(19)17-12-5-4-6-13(9-12)18-15(20)11-7-8-11/h4-6,9,11H,7-8,10H2,1-3H3,(H,17,19)(H,18,20). The predicted octanol–water partition coefficient (Wildman–Crippen LogP) is 3.41. The Morgan fingerprint density at radius 1 is 1.15 bits per heavy atom. The minimum Gasteiger partial charge on any atom is -0.326 e. The van der Waals surface area contributed by atoms with Gasteiger partial charge >= 0.3 is 0 Å². The van der Waals surface area contributed by atoms with Crippen LogP contribution in [0.2, 0.25) is 0 Å². The number of carbonyl (C=O) groups excluding carboxylic acids is 2. The van der Waals surface area contributed by atoms with Crippen LogP contribution < -0.4 is 10.6 Å². The van der Waals surface area contributed by atoms with Crippen molar-refractivity contribution in [2.75, 3.05) is 10.6 Å². The van der Waals surface area contributed by atoms with E-state index in [2.05, 4.69) is 10.6 Å². The molecule has 108 valence electrons. The second-order valence-electron chi connectivity index (χ2n) is 6.63. The number of benzene rings is 1. The van der Waals surface area contributed by atoms with Gasteiger partial charge in [0.15, 0.2) is 0 Å². The highest BCUT2D eigenvalue weighted by Crippen LogP contribution is 2.30. The number of hydrogen-bond donors (Lipinski definition) is 2. The fourth-order valence-corrected chi connectivity index (χ4v) is 1.95. The molecule has 1 aliphatic carbocycles. The molecule has 1 saturated carbocycles. The zero-order valence-corrected chi connectivity index (χ0v) is 12.3. The summed E-state index contributed by atoms with van der Waals surface area (Å²) in [5, 5.41) is 5.74. The quantitative estimate of drug-likeness (QED) is 0.884. The van der Waals surface area contributed by atoms with Crippen LogP contribution in [0, 0.1) is 11.3 Å². The maximum atomic E-state index is 11.9. The summed E-state index contributed by atoms with van der Waals surface area (Å²) in [4.78, 5) is 23.6. The third kappa shape index (κ3) is 4.68. The van der Waals surface area contributed by atoms with Crippen LogP contribution in [0.25, 0.3) is 0 Å². The maximum absolute atomic E-state index is 11.9. The first-order valence-corrected chi connectivity index (χ1v) is 7.04. The molecule has 0 heterocycles. The average molecular weight is 274 g/mol. The topological polar surface area (TPSA) is 58.2 Å². The molecule has 4 nitrogen and oxygen atoms in total. The van der Waals surface area contributed by atoms with Gasteiger partial charge in [0, 0.05) is 23.7 Å². The summed E-state index contributed by atoms with van der Waals surface area (Å²) < 4.78 is 0. The van der Waals surface area contributed by atoms with Gasteiger partial charge in [-0.05, 0) is 36.5 Å². The van der Waals surface area contributed by atoms with Crippen molar-refractivity contribution in [2.45, 2.75) is 40.0 Å². The van der Waals surface area contributed by atoms with Crippen LogP contribution in [0.15, 0.2) is 24.3 Å². The summed E-state index contributed by atoms with van der Waals surface area (Å²) in [6.07, 6.45) is 2.42. The summed E-state index contributed by atoms with van der Waals surface area (Å²) in [7, 11) is 0. The lowest BCUT2D eigenvalue weighted by atomic mass is 9.92. The fourth-order valence-electron chi connectivity index (χ4n) is 1.95. The molecule has 1 fully saturated rings. The van der Waals surface area contributed by atoms with Crippen molar-refractivity contribution in [2.24, 2.45) is 11.3 Å². The molecule has 0 bridgehead atoms. The number of carbonyl (C=O) groups is 2. The molecule has 2 rings (SSSR count). The van der Waals surface area contributed by atoms with Crippen molar-refractivity contribution in [1.82, 2.24) is 0 Å². The Balaban J connectivity index is 1.95. The predicted molar refractivity (Wildman–Crippen MR) is 80.5 cm³/mol. The molecule has 0 radical (unpaired) electrons. The molecule has 4 heteroatoms. The van der Waals surface area contributed by atoms with Crippen molar-refractivity contribution in [3.63, 3.8) is 0 Å². The Hall–Kier alpha value is -1.84. The molecule has 0 aromatic heterocycles. The number of amides is 2. The molecule has 1 aromatic carbocycles. The minimum atomic E-state index is -0.0398. The molecular formula is C16H22N2O2. The van der Waals surface area contributed by atoms with Gasteiger partial charge in [0.05, 0.1) is 0 Å². The van der Waals surface area contributed by atoms with E-state index in [-0.39, 0.29) is 23.1 Å². The average Bonchev–Trinajstić information content (AvgIpc) is 3.09. The lowest BCUT2D eigenvalue weighted by Gasteiger charge is -2.17. The van der Waals surface area contributed by atoms with E-state index >= 15 is 0 Å². The number of nitrogens with one attached hydrogen (secondary N) is 2. The van der Waals surface area contributed by atoms with Gasteiger partial charge in [-0.15, -0.1) is 0 Å². The number of hydrogen-bond acceptors (Lipinski definition) is 2. The van der Waals surface area contributed by atoms with E-state index in [1.165, 1.54) is 0 Å². The van der Waals surface area contributed by atoms with Gasteiger partial charge in [0.2, 0.25) is 11.8 Å². The van der Waals surface area contributed by atoms with E-state index in [0.717, 1.165) is 18.5 Å². The summed E-state index contributed by atoms with van der Waals surface area (Å²) >= 11 is 0. The Morgan fingerprint density at radius 2 is 1.75 bits per heavy atom. The number of anilines is 2. The zero-order chi connectivity index (χ0) is 14.8. The van der Waals surface area contributed by atoms with Gasteiger partial charge in [0.25, 0.3) is 0 Å². The van der Waals surface area contributed by atoms with Gasteiger partial charge in [-0.2, -0.15) is 0 Å². The van der Waals surface area contributed by atoms with Crippen LogP contribution >= 0.6 is 0 Å². The SMILES string of the molecule is CC(C)(C)CC(=O)Nc1cccc(NC(=O)C2CC2)c1. The molecule has 0 unspecified atom stereocenters. The first-order valence-electron chi connectivity index (χ1n) is 7.04. The van der Waals surface area contributed by atoms with Gasteiger partial charge < -0.3 is 10.6 Å². The van der Waals surface area contributed by atoms with Gasteiger partial charge in [-0.25, -0.2) is 0 Å². The highest BCUT2D eigenvalue weighted by atomic mass is 16.2. The molecular weight excluding hydrogens is 252 g/mol. The first-order chi connectivity index (χ1) is 9.33. The van der Waals surface area contributed by atoms with E-state index in [1.807, 2.05) is 39.0 Å². The monoisotopic (exact) mass is 274 g/mol. The van der Waals surface area contributed by atoms with E-state index < -0.39 is 0 Å². The Kier molecular flexibility index (Phi) is 4.12. The fraction of sp³-hybridized carbons (Fsp3) is 0.500. The molecule has 0 spiro atoms. The highest BCUT2D eigenvalue weighted by molar-refractivity contribution is 5.96. The molecule has 0 atom stereocenters. The number of rotatable bonds is 4. The molecule has 2 N–H and O–H groups in total. The normalized spacial score (nSPS) is 14.8. The molecule has 2 amide bonds. The second kappa shape index (κ2) is 5.65. The summed E-state index contributed by atoms with van der Waals surface area (Å²) in [6, 6.07) is 7.28. The minimum absolute atomic E-state index is 0.0110. The summed E-state index contributed by atoms with van der Waals surface area (Å²) in [6.45, 7) is 6.08. The Morgan fingerprint density at radius 3 is 2.30 bits per heavy atom. The zero-order valence-electron chi connectivity index (χ0n) is 12.3. The van der Waals surface area contributed by atoms with Gasteiger partial charge in [-0.3, -0.25) is 9.59 Å². The molecule has 1 aliphatic rings. The van der Waals surface area contributed by atoms with Crippen LogP contribution in [0.1, 0.15) is 40.0 Å². The largest absolute Gasteiger partial charge is 0.326 e. The second-order valence-corrected chi connectivity index (χ2v) is 6.63. The van der Waals surface area contributed by atoms with E-state index in [4.69, 9.17) is 0 Å². The highest BCUT2D eigenvalue weighted by Gasteiger charge is 2.29. The van der Waals surface area contributed by atoms with Crippen molar-refractivity contribution >= 4 is 23.2 Å². The van der Waals surface area contributed by atoms with Crippen LogP contribution in [0.5, 0.6) is 0 Å². The third-order valence-corrected chi connectivity index (χ3v) is 3.05. The smallest absolute Gasteiger partial charge is 0.227 e.